The lowest BCUT2D eigenvalue weighted by Crippen LogP contribution is -2.30. The van der Waals surface area contributed by atoms with Crippen molar-refractivity contribution in [3.05, 3.63) is 29.8 Å². The van der Waals surface area contributed by atoms with E-state index >= 15 is 0 Å². The smallest absolute Gasteiger partial charge is 0.239 e. The van der Waals surface area contributed by atoms with Gasteiger partial charge in [-0.25, -0.2) is 0 Å². The normalized spacial score (nSPS) is 9.76. The first kappa shape index (κ1) is 13.2. The molecule has 0 fully saturated rings. The molecule has 92 valence electrons. The summed E-state index contributed by atoms with van der Waals surface area (Å²) in [5, 5.41) is 5.77. The maximum Gasteiger partial charge on any atom is 0.239 e. The largest absolute Gasteiger partial charge is 0.376 e. The number of rotatable bonds is 6. The summed E-state index contributed by atoms with van der Waals surface area (Å²) < 4.78 is 0. The molecule has 0 saturated carbocycles. The minimum absolute atomic E-state index is 0.0255. The minimum Gasteiger partial charge on any atom is -0.376 e. The monoisotopic (exact) mass is 234 g/mol. The van der Waals surface area contributed by atoms with E-state index in [9.17, 15) is 9.59 Å². The van der Waals surface area contributed by atoms with Gasteiger partial charge in [0.15, 0.2) is 5.78 Å². The van der Waals surface area contributed by atoms with E-state index in [1.807, 2.05) is 6.92 Å². The molecule has 2 N–H and O–H groups in total. The lowest BCUT2D eigenvalue weighted by atomic mass is 10.1. The van der Waals surface area contributed by atoms with Crippen molar-refractivity contribution in [2.45, 2.75) is 20.3 Å². The summed E-state index contributed by atoms with van der Waals surface area (Å²) in [6, 6.07) is 7.08. The summed E-state index contributed by atoms with van der Waals surface area (Å²) in [4.78, 5) is 22.4. The highest BCUT2D eigenvalue weighted by atomic mass is 16.1. The Morgan fingerprint density at radius 1 is 1.18 bits per heavy atom. The summed E-state index contributed by atoms with van der Waals surface area (Å²) in [6.07, 6.45) is 0.930. The van der Waals surface area contributed by atoms with Crippen LogP contribution in [0.15, 0.2) is 24.3 Å². The lowest BCUT2D eigenvalue weighted by Gasteiger charge is -2.07. The number of nitrogens with one attached hydrogen (secondary N) is 2. The van der Waals surface area contributed by atoms with Gasteiger partial charge in [-0.1, -0.05) is 6.92 Å². The van der Waals surface area contributed by atoms with E-state index < -0.39 is 0 Å². The third kappa shape index (κ3) is 4.68. The van der Waals surface area contributed by atoms with Gasteiger partial charge in [-0.05, 0) is 37.6 Å². The highest BCUT2D eigenvalue weighted by Gasteiger charge is 2.01. The summed E-state index contributed by atoms with van der Waals surface area (Å²) in [5.41, 5.74) is 1.51. The molecule has 0 radical (unpaired) electrons. The molecule has 0 aliphatic heterocycles. The summed E-state index contributed by atoms with van der Waals surface area (Å²) in [6.45, 7) is 4.48. The third-order valence-corrected chi connectivity index (χ3v) is 2.32. The highest BCUT2D eigenvalue weighted by molar-refractivity contribution is 5.94. The fraction of sp³-hybridized carbons (Fsp3) is 0.385. The molecule has 0 bridgehead atoms. The van der Waals surface area contributed by atoms with Crippen molar-refractivity contribution in [2.24, 2.45) is 0 Å². The number of Topliss-reactive ketones (excluding diaryl/α,β-unsaturated/α-hetero) is 1. The van der Waals surface area contributed by atoms with E-state index in [2.05, 4.69) is 10.6 Å². The van der Waals surface area contributed by atoms with Crippen LogP contribution in [0.2, 0.25) is 0 Å². The number of hydrogen-bond donors (Lipinski definition) is 2. The number of amides is 1. The van der Waals surface area contributed by atoms with Gasteiger partial charge in [-0.15, -0.1) is 0 Å². The molecule has 4 nitrogen and oxygen atoms in total. The summed E-state index contributed by atoms with van der Waals surface area (Å²) in [7, 11) is 0. The van der Waals surface area contributed by atoms with Crippen molar-refractivity contribution in [1.29, 1.82) is 0 Å². The number of carbonyl (C=O) groups is 2. The molecular formula is C13H18N2O2. The standard InChI is InChI=1S/C13H18N2O2/c1-3-8-14-13(17)9-15-12-6-4-11(5-7-12)10(2)16/h4-7,15H,3,8-9H2,1-2H3,(H,14,17). The van der Waals surface area contributed by atoms with E-state index in [1.165, 1.54) is 6.92 Å². The van der Waals surface area contributed by atoms with Gasteiger partial charge in [0.25, 0.3) is 0 Å². The highest BCUT2D eigenvalue weighted by Crippen LogP contribution is 2.09. The van der Waals surface area contributed by atoms with Gasteiger partial charge in [0.2, 0.25) is 5.91 Å². The molecular weight excluding hydrogens is 216 g/mol. The Bertz CT molecular complexity index is 385. The van der Waals surface area contributed by atoms with Crippen molar-refractivity contribution in [1.82, 2.24) is 5.32 Å². The Morgan fingerprint density at radius 2 is 1.82 bits per heavy atom. The van der Waals surface area contributed by atoms with Gasteiger partial charge in [-0.2, -0.15) is 0 Å². The molecule has 17 heavy (non-hydrogen) atoms. The number of hydrogen-bond acceptors (Lipinski definition) is 3. The number of anilines is 1. The van der Waals surface area contributed by atoms with Crippen LogP contribution in [0.4, 0.5) is 5.69 Å². The van der Waals surface area contributed by atoms with Gasteiger partial charge < -0.3 is 10.6 Å². The Kier molecular flexibility index (Phi) is 5.20. The zero-order valence-corrected chi connectivity index (χ0v) is 10.2. The molecule has 0 spiro atoms. The van der Waals surface area contributed by atoms with Crippen LogP contribution < -0.4 is 10.6 Å². The molecule has 0 atom stereocenters. The van der Waals surface area contributed by atoms with Crippen molar-refractivity contribution < 1.29 is 9.59 Å². The van der Waals surface area contributed by atoms with Gasteiger partial charge in [0.05, 0.1) is 6.54 Å². The van der Waals surface area contributed by atoms with E-state index in [-0.39, 0.29) is 18.2 Å². The number of benzene rings is 1. The number of ketones is 1. The number of carbonyl (C=O) groups excluding carboxylic acids is 2. The topological polar surface area (TPSA) is 58.2 Å². The first-order chi connectivity index (χ1) is 8.13. The van der Waals surface area contributed by atoms with Crippen LogP contribution in [0, 0.1) is 0 Å². The second kappa shape index (κ2) is 6.68. The van der Waals surface area contributed by atoms with Crippen LogP contribution in [0.25, 0.3) is 0 Å². The second-order valence-electron chi connectivity index (χ2n) is 3.84. The first-order valence-electron chi connectivity index (χ1n) is 5.75. The summed E-state index contributed by atoms with van der Waals surface area (Å²) >= 11 is 0. The van der Waals surface area contributed by atoms with Crippen molar-refractivity contribution in [3.8, 4) is 0 Å². The summed E-state index contributed by atoms with van der Waals surface area (Å²) in [5.74, 6) is 0.0136. The van der Waals surface area contributed by atoms with Gasteiger partial charge >= 0.3 is 0 Å². The molecule has 0 unspecified atom stereocenters. The van der Waals surface area contributed by atoms with Gasteiger partial charge in [0.1, 0.15) is 0 Å². The van der Waals surface area contributed by atoms with Crippen molar-refractivity contribution in [2.75, 3.05) is 18.4 Å². The molecule has 0 saturated heterocycles. The third-order valence-electron chi connectivity index (χ3n) is 2.32. The Balaban J connectivity index is 2.42. The van der Waals surface area contributed by atoms with Gasteiger partial charge in [-0.3, -0.25) is 9.59 Å². The zero-order valence-electron chi connectivity index (χ0n) is 10.2. The molecule has 1 rings (SSSR count). The minimum atomic E-state index is -0.0255. The molecule has 0 aromatic heterocycles. The van der Waals surface area contributed by atoms with E-state index in [4.69, 9.17) is 0 Å². The maximum absolute atomic E-state index is 11.3. The molecule has 0 aliphatic rings. The van der Waals surface area contributed by atoms with Crippen LogP contribution in [0.5, 0.6) is 0 Å². The molecule has 1 aromatic rings. The average Bonchev–Trinajstić information content (AvgIpc) is 2.34. The fourth-order valence-electron chi connectivity index (χ4n) is 1.33. The molecule has 4 heteroatoms. The van der Waals surface area contributed by atoms with Gasteiger partial charge in [0, 0.05) is 17.8 Å². The molecule has 1 amide bonds. The van der Waals surface area contributed by atoms with E-state index in [1.54, 1.807) is 24.3 Å². The predicted octanol–water partition coefficient (Wildman–Crippen LogP) is 1.83. The second-order valence-corrected chi connectivity index (χ2v) is 3.84. The Hall–Kier alpha value is -1.84. The van der Waals surface area contributed by atoms with E-state index in [0.717, 1.165) is 12.1 Å². The Morgan fingerprint density at radius 3 is 2.35 bits per heavy atom. The van der Waals surface area contributed by atoms with Crippen LogP contribution in [0.3, 0.4) is 0 Å². The predicted molar refractivity (Wildman–Crippen MR) is 68.2 cm³/mol. The molecule has 1 aromatic carbocycles. The maximum atomic E-state index is 11.3. The molecule has 0 heterocycles. The zero-order chi connectivity index (χ0) is 12.7. The van der Waals surface area contributed by atoms with Crippen LogP contribution >= 0.6 is 0 Å². The lowest BCUT2D eigenvalue weighted by molar-refractivity contribution is -0.119. The quantitative estimate of drug-likeness (QED) is 0.738. The fourth-order valence-corrected chi connectivity index (χ4v) is 1.33. The Labute approximate surface area is 101 Å². The van der Waals surface area contributed by atoms with Crippen molar-refractivity contribution in [3.63, 3.8) is 0 Å². The van der Waals surface area contributed by atoms with Crippen LogP contribution in [0.1, 0.15) is 30.6 Å². The van der Waals surface area contributed by atoms with Crippen molar-refractivity contribution >= 4 is 17.4 Å². The molecule has 0 aliphatic carbocycles. The SMILES string of the molecule is CCCNC(=O)CNc1ccc(C(C)=O)cc1. The van der Waals surface area contributed by atoms with Crippen LogP contribution in [-0.4, -0.2) is 24.8 Å². The van der Waals surface area contributed by atoms with Crippen LogP contribution in [-0.2, 0) is 4.79 Å². The first-order valence-corrected chi connectivity index (χ1v) is 5.75. The average molecular weight is 234 g/mol. The van der Waals surface area contributed by atoms with E-state index in [0.29, 0.717) is 12.1 Å².